The maximum Gasteiger partial charge on any atom is 0.146 e. The van der Waals surface area contributed by atoms with Crippen molar-refractivity contribution in [3.63, 3.8) is 0 Å². The van der Waals surface area contributed by atoms with Gasteiger partial charge in [-0.3, -0.25) is 0 Å². The number of benzene rings is 2. The molecule has 0 fully saturated rings. The van der Waals surface area contributed by atoms with Crippen molar-refractivity contribution in [3.05, 3.63) is 59.9 Å². The molecule has 3 heteroatoms. The van der Waals surface area contributed by atoms with Crippen LogP contribution >= 0.6 is 0 Å². The summed E-state index contributed by atoms with van der Waals surface area (Å²) in [5, 5.41) is 3.11. The van der Waals surface area contributed by atoms with Crippen LogP contribution in [-0.2, 0) is 0 Å². The third kappa shape index (κ3) is 3.98. The summed E-state index contributed by atoms with van der Waals surface area (Å²) in [5.74, 6) is 0.661. The van der Waals surface area contributed by atoms with E-state index >= 15 is 0 Å². The lowest BCUT2D eigenvalue weighted by Gasteiger charge is -2.11. The van der Waals surface area contributed by atoms with Gasteiger partial charge in [-0.15, -0.1) is 0 Å². The topological polar surface area (TPSA) is 21.3 Å². The van der Waals surface area contributed by atoms with Crippen molar-refractivity contribution < 1.29 is 9.13 Å². The lowest BCUT2D eigenvalue weighted by atomic mass is 10.2. The summed E-state index contributed by atoms with van der Waals surface area (Å²) in [4.78, 5) is 0. The van der Waals surface area contributed by atoms with E-state index in [1.165, 1.54) is 6.07 Å². The van der Waals surface area contributed by atoms with E-state index in [0.717, 1.165) is 17.7 Å². The highest BCUT2D eigenvalue weighted by Gasteiger charge is 2.03. The number of hydrogen-bond acceptors (Lipinski definition) is 2. The van der Waals surface area contributed by atoms with E-state index in [4.69, 9.17) is 4.74 Å². The SMILES string of the molecule is Cc1cccc(F)c1NCCCOc1ccccc1. The van der Waals surface area contributed by atoms with Gasteiger partial charge in [0.15, 0.2) is 0 Å². The molecule has 2 nitrogen and oxygen atoms in total. The fourth-order valence-electron chi connectivity index (χ4n) is 1.85. The van der Waals surface area contributed by atoms with Crippen LogP contribution in [0.15, 0.2) is 48.5 Å². The molecule has 0 aliphatic carbocycles. The minimum Gasteiger partial charge on any atom is -0.494 e. The normalized spacial score (nSPS) is 10.2. The predicted octanol–water partition coefficient (Wildman–Crippen LogP) is 4.02. The summed E-state index contributed by atoms with van der Waals surface area (Å²) in [6.07, 6.45) is 0.822. The van der Waals surface area contributed by atoms with Crippen LogP contribution in [0.4, 0.5) is 10.1 Å². The van der Waals surface area contributed by atoms with Gasteiger partial charge in [-0.2, -0.15) is 0 Å². The van der Waals surface area contributed by atoms with Crippen molar-refractivity contribution in [2.24, 2.45) is 0 Å². The Morgan fingerprint density at radius 3 is 2.58 bits per heavy atom. The number of nitrogens with one attached hydrogen (secondary N) is 1. The molecular weight excluding hydrogens is 241 g/mol. The number of halogens is 1. The fourth-order valence-corrected chi connectivity index (χ4v) is 1.85. The molecule has 0 spiro atoms. The molecular formula is C16H18FNO. The van der Waals surface area contributed by atoms with E-state index in [-0.39, 0.29) is 5.82 Å². The Morgan fingerprint density at radius 1 is 1.05 bits per heavy atom. The second-order valence-electron chi connectivity index (χ2n) is 4.37. The first kappa shape index (κ1) is 13.4. The van der Waals surface area contributed by atoms with Crippen LogP contribution in [-0.4, -0.2) is 13.2 Å². The maximum absolute atomic E-state index is 13.5. The summed E-state index contributed by atoms with van der Waals surface area (Å²) in [7, 11) is 0. The highest BCUT2D eigenvalue weighted by molar-refractivity contribution is 5.51. The lowest BCUT2D eigenvalue weighted by molar-refractivity contribution is 0.315. The second kappa shape index (κ2) is 6.78. The number of aryl methyl sites for hydroxylation is 1. The number of anilines is 1. The van der Waals surface area contributed by atoms with Crippen LogP contribution in [0.3, 0.4) is 0 Å². The fraction of sp³-hybridized carbons (Fsp3) is 0.250. The minimum absolute atomic E-state index is 0.205. The third-order valence-corrected chi connectivity index (χ3v) is 2.86. The van der Waals surface area contributed by atoms with Crippen molar-refractivity contribution >= 4 is 5.69 Å². The highest BCUT2D eigenvalue weighted by atomic mass is 19.1. The molecule has 19 heavy (non-hydrogen) atoms. The average Bonchev–Trinajstić information content (AvgIpc) is 2.42. The zero-order valence-electron chi connectivity index (χ0n) is 11.0. The summed E-state index contributed by atoms with van der Waals surface area (Å²) in [5.41, 5.74) is 1.51. The van der Waals surface area contributed by atoms with E-state index < -0.39 is 0 Å². The molecule has 2 rings (SSSR count). The van der Waals surface area contributed by atoms with Crippen molar-refractivity contribution in [2.75, 3.05) is 18.5 Å². The summed E-state index contributed by atoms with van der Waals surface area (Å²) in [6.45, 7) is 3.20. The molecule has 0 unspecified atom stereocenters. The van der Waals surface area contributed by atoms with Gasteiger partial charge in [-0.05, 0) is 37.1 Å². The number of para-hydroxylation sites is 2. The molecule has 0 saturated carbocycles. The Balaban J connectivity index is 1.73. The lowest BCUT2D eigenvalue weighted by Crippen LogP contribution is -2.09. The van der Waals surface area contributed by atoms with E-state index in [2.05, 4.69) is 5.32 Å². The molecule has 100 valence electrons. The van der Waals surface area contributed by atoms with Gasteiger partial charge in [-0.25, -0.2) is 4.39 Å². The van der Waals surface area contributed by atoms with Crippen LogP contribution in [0.2, 0.25) is 0 Å². The first-order valence-corrected chi connectivity index (χ1v) is 6.44. The molecule has 2 aromatic carbocycles. The van der Waals surface area contributed by atoms with E-state index in [1.54, 1.807) is 6.07 Å². The van der Waals surface area contributed by atoms with Crippen molar-refractivity contribution in [2.45, 2.75) is 13.3 Å². The molecule has 0 heterocycles. The van der Waals surface area contributed by atoms with E-state index in [0.29, 0.717) is 18.8 Å². The van der Waals surface area contributed by atoms with Gasteiger partial charge in [0, 0.05) is 6.54 Å². The average molecular weight is 259 g/mol. The van der Waals surface area contributed by atoms with Crippen molar-refractivity contribution in [1.29, 1.82) is 0 Å². The number of hydrogen-bond donors (Lipinski definition) is 1. The van der Waals surface area contributed by atoms with Crippen LogP contribution in [0, 0.1) is 12.7 Å². The maximum atomic E-state index is 13.5. The molecule has 0 aliphatic heterocycles. The predicted molar refractivity (Wildman–Crippen MR) is 76.2 cm³/mol. The molecule has 0 bridgehead atoms. The molecule has 0 aromatic heterocycles. The first-order chi connectivity index (χ1) is 9.27. The monoisotopic (exact) mass is 259 g/mol. The number of rotatable bonds is 6. The highest BCUT2D eigenvalue weighted by Crippen LogP contribution is 2.18. The van der Waals surface area contributed by atoms with Gasteiger partial charge in [0.25, 0.3) is 0 Å². The third-order valence-electron chi connectivity index (χ3n) is 2.86. The Morgan fingerprint density at radius 2 is 1.84 bits per heavy atom. The summed E-state index contributed by atoms with van der Waals surface area (Å²) in [6, 6.07) is 14.8. The standard InChI is InChI=1S/C16H18FNO/c1-13-7-5-10-15(17)16(13)18-11-6-12-19-14-8-3-2-4-9-14/h2-5,7-10,18H,6,11-12H2,1H3. The smallest absolute Gasteiger partial charge is 0.146 e. The molecule has 0 amide bonds. The van der Waals surface area contributed by atoms with Crippen LogP contribution in [0.1, 0.15) is 12.0 Å². The van der Waals surface area contributed by atoms with E-state index in [9.17, 15) is 4.39 Å². The van der Waals surface area contributed by atoms with Crippen LogP contribution in [0.25, 0.3) is 0 Å². The van der Waals surface area contributed by atoms with Gasteiger partial charge in [0.05, 0.1) is 12.3 Å². The number of ether oxygens (including phenoxy) is 1. The largest absolute Gasteiger partial charge is 0.494 e. The van der Waals surface area contributed by atoms with Gasteiger partial charge < -0.3 is 10.1 Å². The van der Waals surface area contributed by atoms with Gasteiger partial charge in [0.2, 0.25) is 0 Å². The summed E-state index contributed by atoms with van der Waals surface area (Å²) >= 11 is 0. The van der Waals surface area contributed by atoms with Gasteiger partial charge in [0.1, 0.15) is 11.6 Å². The molecule has 1 N–H and O–H groups in total. The summed E-state index contributed by atoms with van der Waals surface area (Å²) < 4.78 is 19.1. The van der Waals surface area contributed by atoms with Crippen molar-refractivity contribution in [3.8, 4) is 5.75 Å². The Bertz CT molecular complexity index is 493. The second-order valence-corrected chi connectivity index (χ2v) is 4.37. The molecule has 0 saturated heterocycles. The van der Waals surface area contributed by atoms with E-state index in [1.807, 2.05) is 43.3 Å². The molecule has 2 aromatic rings. The molecule has 0 atom stereocenters. The quantitative estimate of drug-likeness (QED) is 0.791. The Kier molecular flexibility index (Phi) is 4.78. The Hall–Kier alpha value is -2.03. The first-order valence-electron chi connectivity index (χ1n) is 6.44. The van der Waals surface area contributed by atoms with Gasteiger partial charge >= 0.3 is 0 Å². The van der Waals surface area contributed by atoms with Crippen LogP contribution < -0.4 is 10.1 Å². The molecule has 0 radical (unpaired) electrons. The van der Waals surface area contributed by atoms with Gasteiger partial charge in [-0.1, -0.05) is 30.3 Å². The Labute approximate surface area is 113 Å². The van der Waals surface area contributed by atoms with Crippen LogP contribution in [0.5, 0.6) is 5.75 Å². The molecule has 0 aliphatic rings. The zero-order chi connectivity index (χ0) is 13.5. The minimum atomic E-state index is -0.205. The zero-order valence-corrected chi connectivity index (χ0v) is 11.0. The van der Waals surface area contributed by atoms with Crippen molar-refractivity contribution in [1.82, 2.24) is 0 Å².